The number of carbonyl (C=O) groups excluding carboxylic acids is 1. The van der Waals surface area contributed by atoms with Gasteiger partial charge in [-0.15, -0.1) is 0 Å². The molecule has 0 aliphatic heterocycles. The van der Waals surface area contributed by atoms with Crippen molar-refractivity contribution in [3.8, 4) is 0 Å². The summed E-state index contributed by atoms with van der Waals surface area (Å²) in [6.45, 7) is 8.74. The first-order valence-corrected chi connectivity index (χ1v) is 7.97. The van der Waals surface area contributed by atoms with Crippen LogP contribution in [0.25, 0.3) is 0 Å². The Balaban J connectivity index is 2.16. The summed E-state index contributed by atoms with van der Waals surface area (Å²) in [6, 6.07) is 7.77. The van der Waals surface area contributed by atoms with Crippen LogP contribution in [0.3, 0.4) is 0 Å². The minimum atomic E-state index is -0.160. The first-order chi connectivity index (χ1) is 11.0. The number of anilines is 2. The summed E-state index contributed by atoms with van der Waals surface area (Å²) >= 11 is 0. The number of amides is 1. The lowest BCUT2D eigenvalue weighted by Gasteiger charge is -2.10. The van der Waals surface area contributed by atoms with E-state index in [1.807, 2.05) is 25.1 Å². The van der Waals surface area contributed by atoms with Crippen molar-refractivity contribution in [1.29, 1.82) is 0 Å². The molecule has 0 radical (unpaired) electrons. The molecule has 0 saturated heterocycles. The van der Waals surface area contributed by atoms with Crippen LogP contribution in [-0.4, -0.2) is 22.4 Å². The number of hydrogen-bond donors (Lipinski definition) is 2. The van der Waals surface area contributed by atoms with E-state index in [2.05, 4.69) is 41.4 Å². The molecule has 0 atom stereocenters. The maximum atomic E-state index is 12.1. The van der Waals surface area contributed by atoms with Gasteiger partial charge in [-0.25, -0.2) is 9.97 Å². The number of aromatic nitrogens is 2. The normalized spacial score (nSPS) is 10.4. The monoisotopic (exact) mass is 312 g/mol. The van der Waals surface area contributed by atoms with Crippen molar-refractivity contribution in [1.82, 2.24) is 15.3 Å². The molecule has 1 aromatic heterocycles. The summed E-state index contributed by atoms with van der Waals surface area (Å²) in [6.07, 6.45) is 2.01. The minimum Gasteiger partial charge on any atom is -0.351 e. The minimum absolute atomic E-state index is 0.160. The number of nitrogens with one attached hydrogen (secondary N) is 2. The Kier molecular flexibility index (Phi) is 5.68. The Morgan fingerprint density at radius 1 is 1.09 bits per heavy atom. The first kappa shape index (κ1) is 16.9. The van der Waals surface area contributed by atoms with Crippen LogP contribution in [-0.2, 0) is 0 Å². The van der Waals surface area contributed by atoms with E-state index in [1.165, 1.54) is 11.1 Å². The lowest BCUT2D eigenvalue weighted by molar-refractivity contribution is 0.0948. The third-order valence-electron chi connectivity index (χ3n) is 3.67. The highest BCUT2D eigenvalue weighted by Crippen LogP contribution is 2.18. The number of unbranched alkanes of at least 4 members (excludes halogenated alkanes) is 1. The third-order valence-corrected chi connectivity index (χ3v) is 3.67. The van der Waals surface area contributed by atoms with E-state index in [4.69, 9.17) is 0 Å². The SMILES string of the molecule is CCCCNC(=O)c1cc(C)nc(Nc2ccc(C)c(C)c2)n1. The molecule has 23 heavy (non-hydrogen) atoms. The predicted octanol–water partition coefficient (Wildman–Crippen LogP) is 3.68. The van der Waals surface area contributed by atoms with Gasteiger partial charge in [-0.1, -0.05) is 19.4 Å². The number of rotatable bonds is 6. The molecule has 1 amide bonds. The molecule has 0 saturated carbocycles. The van der Waals surface area contributed by atoms with Crippen molar-refractivity contribution in [2.45, 2.75) is 40.5 Å². The quantitative estimate of drug-likeness (QED) is 0.799. The van der Waals surface area contributed by atoms with Crippen molar-refractivity contribution < 1.29 is 4.79 Å². The Hall–Kier alpha value is -2.43. The molecule has 0 bridgehead atoms. The second kappa shape index (κ2) is 7.72. The number of hydrogen-bond acceptors (Lipinski definition) is 4. The molecule has 1 heterocycles. The van der Waals surface area contributed by atoms with Gasteiger partial charge in [-0.3, -0.25) is 4.79 Å². The molecule has 2 N–H and O–H groups in total. The van der Waals surface area contributed by atoms with E-state index >= 15 is 0 Å². The van der Waals surface area contributed by atoms with E-state index in [1.54, 1.807) is 6.07 Å². The summed E-state index contributed by atoms with van der Waals surface area (Å²) < 4.78 is 0. The van der Waals surface area contributed by atoms with Crippen LogP contribution < -0.4 is 10.6 Å². The molecule has 0 unspecified atom stereocenters. The van der Waals surface area contributed by atoms with E-state index in [-0.39, 0.29) is 5.91 Å². The van der Waals surface area contributed by atoms with Crippen molar-refractivity contribution in [2.75, 3.05) is 11.9 Å². The maximum absolute atomic E-state index is 12.1. The Labute approximate surface area is 137 Å². The van der Waals surface area contributed by atoms with Crippen molar-refractivity contribution in [3.63, 3.8) is 0 Å². The highest BCUT2D eigenvalue weighted by molar-refractivity contribution is 5.92. The molecule has 0 fully saturated rings. The average molecular weight is 312 g/mol. The van der Waals surface area contributed by atoms with Crippen LogP contribution in [0.4, 0.5) is 11.6 Å². The average Bonchev–Trinajstić information content (AvgIpc) is 2.50. The topological polar surface area (TPSA) is 66.9 Å². The van der Waals surface area contributed by atoms with Crippen molar-refractivity contribution in [2.24, 2.45) is 0 Å². The highest BCUT2D eigenvalue weighted by atomic mass is 16.1. The predicted molar refractivity (Wildman–Crippen MR) is 93.2 cm³/mol. The summed E-state index contributed by atoms with van der Waals surface area (Å²) in [7, 11) is 0. The molecule has 1 aromatic carbocycles. The Bertz CT molecular complexity index is 697. The van der Waals surface area contributed by atoms with Crippen LogP contribution in [0, 0.1) is 20.8 Å². The zero-order valence-corrected chi connectivity index (χ0v) is 14.2. The summed E-state index contributed by atoms with van der Waals surface area (Å²) in [5.74, 6) is 0.279. The van der Waals surface area contributed by atoms with E-state index in [0.29, 0.717) is 18.2 Å². The lowest BCUT2D eigenvalue weighted by atomic mass is 10.1. The summed E-state index contributed by atoms with van der Waals surface area (Å²) in [5, 5.41) is 6.05. The van der Waals surface area contributed by atoms with Gasteiger partial charge in [-0.2, -0.15) is 0 Å². The molecule has 122 valence electrons. The van der Waals surface area contributed by atoms with E-state index < -0.39 is 0 Å². The van der Waals surface area contributed by atoms with Crippen molar-refractivity contribution in [3.05, 3.63) is 46.8 Å². The molecule has 0 aliphatic rings. The molecule has 5 nitrogen and oxygen atoms in total. The van der Waals surface area contributed by atoms with Crippen LogP contribution in [0.2, 0.25) is 0 Å². The van der Waals surface area contributed by atoms with Gasteiger partial charge in [-0.05, 0) is 56.5 Å². The largest absolute Gasteiger partial charge is 0.351 e. The Morgan fingerprint density at radius 3 is 2.57 bits per heavy atom. The maximum Gasteiger partial charge on any atom is 0.270 e. The molecule has 2 rings (SSSR count). The number of nitrogens with zero attached hydrogens (tertiary/aromatic N) is 2. The molecular weight excluding hydrogens is 288 g/mol. The van der Waals surface area contributed by atoms with Gasteiger partial charge < -0.3 is 10.6 Å². The first-order valence-electron chi connectivity index (χ1n) is 7.97. The smallest absolute Gasteiger partial charge is 0.270 e. The zero-order valence-electron chi connectivity index (χ0n) is 14.2. The van der Waals surface area contributed by atoms with E-state index in [0.717, 1.165) is 24.2 Å². The summed E-state index contributed by atoms with van der Waals surface area (Å²) in [4.78, 5) is 20.8. The second-order valence-corrected chi connectivity index (χ2v) is 5.75. The van der Waals surface area contributed by atoms with Crippen LogP contribution in [0.5, 0.6) is 0 Å². The second-order valence-electron chi connectivity index (χ2n) is 5.75. The summed E-state index contributed by atoms with van der Waals surface area (Å²) in [5.41, 5.74) is 4.49. The van der Waals surface area contributed by atoms with Gasteiger partial charge in [0, 0.05) is 17.9 Å². The number of benzene rings is 1. The van der Waals surface area contributed by atoms with Gasteiger partial charge in [0.1, 0.15) is 5.69 Å². The highest BCUT2D eigenvalue weighted by Gasteiger charge is 2.10. The van der Waals surface area contributed by atoms with Crippen molar-refractivity contribution >= 4 is 17.5 Å². The molecule has 0 spiro atoms. The van der Waals surface area contributed by atoms with Crippen LogP contribution >= 0.6 is 0 Å². The number of carbonyl (C=O) groups is 1. The van der Waals surface area contributed by atoms with Crippen LogP contribution in [0.1, 0.15) is 47.1 Å². The Morgan fingerprint density at radius 2 is 1.87 bits per heavy atom. The fourth-order valence-corrected chi connectivity index (χ4v) is 2.16. The number of aryl methyl sites for hydroxylation is 3. The lowest BCUT2D eigenvalue weighted by Crippen LogP contribution is -2.25. The molecular formula is C18H24N4O. The van der Waals surface area contributed by atoms with Gasteiger partial charge >= 0.3 is 0 Å². The zero-order chi connectivity index (χ0) is 16.8. The van der Waals surface area contributed by atoms with Gasteiger partial charge in [0.05, 0.1) is 0 Å². The standard InChI is InChI=1S/C18H24N4O/c1-5-6-9-19-17(23)16-11-14(4)20-18(22-16)21-15-8-7-12(2)13(3)10-15/h7-8,10-11H,5-6,9H2,1-4H3,(H,19,23)(H,20,21,22). The van der Waals surface area contributed by atoms with Crippen LogP contribution in [0.15, 0.2) is 24.3 Å². The van der Waals surface area contributed by atoms with E-state index in [9.17, 15) is 4.79 Å². The molecule has 2 aromatic rings. The molecule has 5 heteroatoms. The van der Waals surface area contributed by atoms with Gasteiger partial charge in [0.15, 0.2) is 0 Å². The van der Waals surface area contributed by atoms with Gasteiger partial charge in [0.2, 0.25) is 5.95 Å². The van der Waals surface area contributed by atoms with Gasteiger partial charge in [0.25, 0.3) is 5.91 Å². The fourth-order valence-electron chi connectivity index (χ4n) is 2.16. The molecule has 0 aliphatic carbocycles. The third kappa shape index (κ3) is 4.77. The fraction of sp³-hybridized carbons (Fsp3) is 0.389.